The maximum atomic E-state index is 12.1. The summed E-state index contributed by atoms with van der Waals surface area (Å²) in [5, 5.41) is 2.99. The summed E-state index contributed by atoms with van der Waals surface area (Å²) >= 11 is 0. The Morgan fingerprint density at radius 2 is 1.75 bits per heavy atom. The number of hydrogen-bond acceptors (Lipinski definition) is 4. The number of carbonyl (C=O) groups is 1. The van der Waals surface area contributed by atoms with Gasteiger partial charge < -0.3 is 15.0 Å². The molecule has 1 aromatic heterocycles. The van der Waals surface area contributed by atoms with Crippen molar-refractivity contribution in [1.29, 1.82) is 0 Å². The van der Waals surface area contributed by atoms with E-state index in [-0.39, 0.29) is 5.91 Å². The summed E-state index contributed by atoms with van der Waals surface area (Å²) in [5.74, 6) is 1.98. The van der Waals surface area contributed by atoms with Crippen molar-refractivity contribution in [3.05, 3.63) is 53.7 Å². The van der Waals surface area contributed by atoms with Gasteiger partial charge >= 0.3 is 0 Å². The van der Waals surface area contributed by atoms with E-state index < -0.39 is 0 Å². The van der Waals surface area contributed by atoms with Crippen LogP contribution in [0.15, 0.2) is 42.6 Å². The highest BCUT2D eigenvalue weighted by atomic mass is 16.5. The van der Waals surface area contributed by atoms with Crippen molar-refractivity contribution in [3.63, 3.8) is 0 Å². The minimum atomic E-state index is 0.0606. The molecule has 0 spiro atoms. The summed E-state index contributed by atoms with van der Waals surface area (Å²) in [7, 11) is 0. The normalized spacial score (nSPS) is 14.4. The fourth-order valence-corrected chi connectivity index (χ4v) is 3.47. The molecular weight excluding hydrogens is 350 g/mol. The van der Waals surface area contributed by atoms with E-state index in [1.807, 2.05) is 37.4 Å². The summed E-state index contributed by atoms with van der Waals surface area (Å²) < 4.78 is 5.44. The van der Waals surface area contributed by atoms with Crippen LogP contribution >= 0.6 is 0 Å². The fourth-order valence-electron chi connectivity index (χ4n) is 3.47. The molecule has 2 aromatic rings. The van der Waals surface area contributed by atoms with E-state index in [9.17, 15) is 4.79 Å². The van der Waals surface area contributed by atoms with E-state index >= 15 is 0 Å². The van der Waals surface area contributed by atoms with Gasteiger partial charge in [0, 0.05) is 32.3 Å². The number of pyridine rings is 1. The van der Waals surface area contributed by atoms with Gasteiger partial charge in [-0.1, -0.05) is 31.0 Å². The van der Waals surface area contributed by atoms with Crippen LogP contribution in [0.4, 0.5) is 5.82 Å². The number of benzene rings is 1. The van der Waals surface area contributed by atoms with Crippen LogP contribution in [-0.4, -0.2) is 30.6 Å². The molecule has 3 rings (SSSR count). The van der Waals surface area contributed by atoms with Gasteiger partial charge in [-0.3, -0.25) is 4.79 Å². The van der Waals surface area contributed by atoms with Gasteiger partial charge in [0.25, 0.3) is 0 Å². The quantitative estimate of drug-likeness (QED) is 0.748. The zero-order valence-electron chi connectivity index (χ0n) is 16.8. The van der Waals surface area contributed by atoms with Crippen LogP contribution in [0, 0.1) is 0 Å². The van der Waals surface area contributed by atoms with Gasteiger partial charge in [0.15, 0.2) is 0 Å². The largest absolute Gasteiger partial charge is 0.494 e. The molecule has 5 heteroatoms. The van der Waals surface area contributed by atoms with Crippen molar-refractivity contribution >= 4 is 11.7 Å². The number of hydrogen-bond donors (Lipinski definition) is 1. The Hall–Kier alpha value is -2.56. The smallest absolute Gasteiger partial charge is 0.220 e. The number of aromatic nitrogens is 1. The molecule has 0 saturated carbocycles. The number of amides is 1. The molecule has 5 nitrogen and oxygen atoms in total. The van der Waals surface area contributed by atoms with E-state index in [0.717, 1.165) is 42.2 Å². The number of nitrogens with one attached hydrogen (secondary N) is 1. The third-order valence-corrected chi connectivity index (χ3v) is 5.10. The Balaban J connectivity index is 1.41. The van der Waals surface area contributed by atoms with E-state index in [0.29, 0.717) is 19.6 Å². The van der Waals surface area contributed by atoms with Crippen LogP contribution in [0.1, 0.15) is 50.2 Å². The van der Waals surface area contributed by atoms with Crippen molar-refractivity contribution in [2.75, 3.05) is 24.6 Å². The van der Waals surface area contributed by atoms with E-state index in [1.165, 1.54) is 25.7 Å². The lowest BCUT2D eigenvalue weighted by molar-refractivity contribution is -0.121. The first-order chi connectivity index (χ1) is 13.7. The Morgan fingerprint density at radius 3 is 2.39 bits per heavy atom. The van der Waals surface area contributed by atoms with E-state index in [1.54, 1.807) is 0 Å². The lowest BCUT2D eigenvalue weighted by Crippen LogP contribution is -2.25. The van der Waals surface area contributed by atoms with Crippen molar-refractivity contribution in [2.24, 2.45) is 0 Å². The first kappa shape index (κ1) is 20.2. The van der Waals surface area contributed by atoms with Crippen molar-refractivity contribution in [1.82, 2.24) is 10.3 Å². The Labute approximate surface area is 168 Å². The van der Waals surface area contributed by atoms with Crippen LogP contribution in [-0.2, 0) is 17.8 Å². The van der Waals surface area contributed by atoms with Gasteiger partial charge in [0.1, 0.15) is 11.6 Å². The van der Waals surface area contributed by atoms with E-state index in [4.69, 9.17) is 4.74 Å². The molecule has 150 valence electrons. The highest BCUT2D eigenvalue weighted by Crippen LogP contribution is 2.17. The zero-order valence-corrected chi connectivity index (χ0v) is 16.8. The Kier molecular flexibility index (Phi) is 7.71. The molecule has 1 amide bonds. The third kappa shape index (κ3) is 6.25. The van der Waals surface area contributed by atoms with Gasteiger partial charge in [0.05, 0.1) is 6.61 Å². The number of ether oxygens (including phenoxy) is 1. The molecule has 0 atom stereocenters. The molecule has 2 heterocycles. The molecule has 1 N–H and O–H groups in total. The number of anilines is 1. The second-order valence-electron chi connectivity index (χ2n) is 7.28. The summed E-state index contributed by atoms with van der Waals surface area (Å²) in [6.07, 6.45) is 8.21. The second kappa shape index (κ2) is 10.7. The summed E-state index contributed by atoms with van der Waals surface area (Å²) in [5.41, 5.74) is 2.18. The highest BCUT2D eigenvalue weighted by molar-refractivity contribution is 5.76. The molecule has 0 radical (unpaired) electrons. The SMILES string of the molecule is CCOc1ccc(CCC(=O)NCc2ccc(N3CCCCCC3)nc2)cc1. The van der Waals surface area contributed by atoms with Crippen LogP contribution in [0.2, 0.25) is 0 Å². The summed E-state index contributed by atoms with van der Waals surface area (Å²) in [6, 6.07) is 12.1. The van der Waals surface area contributed by atoms with E-state index in [2.05, 4.69) is 27.3 Å². The van der Waals surface area contributed by atoms with Gasteiger partial charge in [-0.15, -0.1) is 0 Å². The minimum absolute atomic E-state index is 0.0606. The highest BCUT2D eigenvalue weighted by Gasteiger charge is 2.11. The zero-order chi connectivity index (χ0) is 19.6. The average molecular weight is 382 g/mol. The summed E-state index contributed by atoms with van der Waals surface area (Å²) in [6.45, 7) is 5.34. The lowest BCUT2D eigenvalue weighted by Gasteiger charge is -2.21. The molecule has 1 fully saturated rings. The maximum absolute atomic E-state index is 12.1. The fraction of sp³-hybridized carbons (Fsp3) is 0.478. The topological polar surface area (TPSA) is 54.5 Å². The number of rotatable bonds is 8. The molecule has 28 heavy (non-hydrogen) atoms. The standard InChI is InChI=1S/C23H31N3O2/c1-2-28-21-11-7-19(8-12-21)10-14-23(27)25-18-20-9-13-22(24-17-20)26-15-5-3-4-6-16-26/h7-9,11-13,17H,2-6,10,14-16,18H2,1H3,(H,25,27). The van der Waals surface area contributed by atoms with Crippen molar-refractivity contribution < 1.29 is 9.53 Å². The molecule has 1 aromatic carbocycles. The van der Waals surface area contributed by atoms with Crippen LogP contribution in [0.3, 0.4) is 0 Å². The summed E-state index contributed by atoms with van der Waals surface area (Å²) in [4.78, 5) is 19.1. The molecule has 1 aliphatic heterocycles. The van der Waals surface area contributed by atoms with Crippen molar-refractivity contribution in [2.45, 2.75) is 52.0 Å². The maximum Gasteiger partial charge on any atom is 0.220 e. The number of aryl methyl sites for hydroxylation is 1. The number of carbonyl (C=O) groups excluding carboxylic acids is 1. The van der Waals surface area contributed by atoms with Gasteiger partial charge in [-0.25, -0.2) is 4.98 Å². The molecule has 0 unspecified atom stereocenters. The molecule has 0 aliphatic carbocycles. The molecular formula is C23H31N3O2. The first-order valence-corrected chi connectivity index (χ1v) is 10.4. The minimum Gasteiger partial charge on any atom is -0.494 e. The third-order valence-electron chi connectivity index (χ3n) is 5.10. The monoisotopic (exact) mass is 381 g/mol. The van der Waals surface area contributed by atoms with Crippen LogP contribution < -0.4 is 15.0 Å². The Morgan fingerprint density at radius 1 is 1.04 bits per heavy atom. The van der Waals surface area contributed by atoms with Crippen LogP contribution in [0.5, 0.6) is 5.75 Å². The predicted octanol–water partition coefficient (Wildman–Crippen LogP) is 4.11. The number of nitrogens with zero attached hydrogens (tertiary/aromatic N) is 2. The second-order valence-corrected chi connectivity index (χ2v) is 7.28. The molecule has 1 aliphatic rings. The van der Waals surface area contributed by atoms with Gasteiger partial charge in [-0.2, -0.15) is 0 Å². The lowest BCUT2D eigenvalue weighted by atomic mass is 10.1. The average Bonchev–Trinajstić information content (AvgIpc) is 3.02. The molecule has 0 bridgehead atoms. The van der Waals surface area contributed by atoms with Crippen LogP contribution in [0.25, 0.3) is 0 Å². The van der Waals surface area contributed by atoms with Gasteiger partial charge in [0.2, 0.25) is 5.91 Å². The first-order valence-electron chi connectivity index (χ1n) is 10.4. The van der Waals surface area contributed by atoms with Crippen molar-refractivity contribution in [3.8, 4) is 5.75 Å². The molecule has 1 saturated heterocycles. The Bertz CT molecular complexity index is 721. The predicted molar refractivity (Wildman–Crippen MR) is 113 cm³/mol. The van der Waals surface area contributed by atoms with Gasteiger partial charge in [-0.05, 0) is 55.5 Å².